The van der Waals surface area contributed by atoms with E-state index < -0.39 is 12.1 Å². The minimum Gasteiger partial charge on any atom is -0.462 e. The summed E-state index contributed by atoms with van der Waals surface area (Å²) in [7, 11) is 0. The van der Waals surface area contributed by atoms with Crippen molar-refractivity contribution >= 4 is 11.9 Å². The Morgan fingerprint density at radius 1 is 0.490 bits per heavy atom. The van der Waals surface area contributed by atoms with Gasteiger partial charge in [-0.05, 0) is 51.4 Å². The summed E-state index contributed by atoms with van der Waals surface area (Å²) in [4.78, 5) is 24.2. The first-order valence-electron chi connectivity index (χ1n) is 20.0. The van der Waals surface area contributed by atoms with Crippen molar-refractivity contribution in [2.45, 2.75) is 180 Å². The second-order valence-corrected chi connectivity index (χ2v) is 13.0. The lowest BCUT2D eigenvalue weighted by Gasteiger charge is -2.15. The summed E-state index contributed by atoms with van der Waals surface area (Å²) in [5, 5.41) is 9.54. The Morgan fingerprint density at radius 3 is 1.29 bits per heavy atom. The number of carbonyl (C=O) groups is 2. The molecule has 0 rings (SSSR count). The number of aliphatic hydroxyl groups excluding tert-OH is 1. The van der Waals surface area contributed by atoms with Crippen LogP contribution in [0.5, 0.6) is 0 Å². The van der Waals surface area contributed by atoms with Crippen LogP contribution >= 0.6 is 0 Å². The number of allylic oxidation sites excluding steroid dienone is 12. The summed E-state index contributed by atoms with van der Waals surface area (Å²) >= 11 is 0. The van der Waals surface area contributed by atoms with Crippen LogP contribution in [0.3, 0.4) is 0 Å². The zero-order chi connectivity index (χ0) is 35.7. The topological polar surface area (TPSA) is 72.8 Å². The van der Waals surface area contributed by atoms with E-state index in [-0.39, 0.29) is 25.6 Å². The van der Waals surface area contributed by atoms with Crippen molar-refractivity contribution in [3.63, 3.8) is 0 Å². The number of hydrogen-bond donors (Lipinski definition) is 1. The summed E-state index contributed by atoms with van der Waals surface area (Å²) in [6.45, 7) is 3.96. The molecular formula is C44H74O5. The molecule has 0 saturated carbocycles. The molecule has 0 aliphatic rings. The molecule has 0 bridgehead atoms. The van der Waals surface area contributed by atoms with Crippen molar-refractivity contribution in [2.75, 3.05) is 13.2 Å². The molecule has 5 heteroatoms. The average molecular weight is 683 g/mol. The molecule has 0 amide bonds. The zero-order valence-electron chi connectivity index (χ0n) is 31.7. The zero-order valence-corrected chi connectivity index (χ0v) is 31.7. The van der Waals surface area contributed by atoms with Crippen LogP contribution in [0.1, 0.15) is 174 Å². The highest BCUT2D eigenvalue weighted by atomic mass is 16.6. The van der Waals surface area contributed by atoms with E-state index in [1.54, 1.807) is 0 Å². The summed E-state index contributed by atoms with van der Waals surface area (Å²) in [5.74, 6) is -0.690. The van der Waals surface area contributed by atoms with E-state index in [9.17, 15) is 14.7 Å². The van der Waals surface area contributed by atoms with Gasteiger partial charge in [-0.25, -0.2) is 0 Å². The van der Waals surface area contributed by atoms with E-state index in [0.29, 0.717) is 12.8 Å². The smallest absolute Gasteiger partial charge is 0.306 e. The van der Waals surface area contributed by atoms with Crippen LogP contribution in [0.15, 0.2) is 72.9 Å². The van der Waals surface area contributed by atoms with Gasteiger partial charge in [0.1, 0.15) is 6.61 Å². The van der Waals surface area contributed by atoms with E-state index in [4.69, 9.17) is 9.47 Å². The predicted octanol–water partition coefficient (Wildman–Crippen LogP) is 12.6. The summed E-state index contributed by atoms with van der Waals surface area (Å²) in [5.41, 5.74) is 0. The van der Waals surface area contributed by atoms with Crippen molar-refractivity contribution in [3.8, 4) is 0 Å². The minimum absolute atomic E-state index is 0.0974. The number of rotatable bonds is 35. The third-order valence-electron chi connectivity index (χ3n) is 8.28. The van der Waals surface area contributed by atoms with Gasteiger partial charge in [0, 0.05) is 12.8 Å². The molecule has 49 heavy (non-hydrogen) atoms. The quantitative estimate of drug-likeness (QED) is 0.0409. The molecule has 0 radical (unpaired) electrons. The Labute approximate surface area is 302 Å². The van der Waals surface area contributed by atoms with Gasteiger partial charge in [-0.2, -0.15) is 0 Å². The summed E-state index contributed by atoms with van der Waals surface area (Å²) in [6, 6.07) is 0. The molecule has 1 N–H and O–H groups in total. The van der Waals surface area contributed by atoms with Crippen molar-refractivity contribution in [3.05, 3.63) is 72.9 Å². The van der Waals surface area contributed by atoms with Gasteiger partial charge >= 0.3 is 11.9 Å². The van der Waals surface area contributed by atoms with Gasteiger partial charge in [0.05, 0.1) is 6.61 Å². The van der Waals surface area contributed by atoms with E-state index >= 15 is 0 Å². The van der Waals surface area contributed by atoms with Crippen LogP contribution in [0.2, 0.25) is 0 Å². The number of aliphatic hydroxyl groups is 1. The third-order valence-corrected chi connectivity index (χ3v) is 8.28. The molecule has 0 heterocycles. The van der Waals surface area contributed by atoms with Gasteiger partial charge < -0.3 is 14.6 Å². The lowest BCUT2D eigenvalue weighted by atomic mass is 10.0. The molecular weight excluding hydrogens is 608 g/mol. The second kappa shape index (κ2) is 39.8. The van der Waals surface area contributed by atoms with Gasteiger partial charge in [-0.1, -0.05) is 183 Å². The standard InChI is InChI=1S/C44H74O5/c1-3-5-7-9-11-13-15-17-19-21-22-23-25-27-29-31-33-35-37-39-44(47)49-42(40-45)41-48-43(46)38-36-34-32-30-28-26-24-20-18-16-14-12-10-8-6-4-2/h5,7,11,13,17,19,22-23,27,29,33,35,42,45H,3-4,6,8-10,12,14-16,18,20-21,24-26,28,30-32,34,36-41H2,1-2H3/b7-5-,13-11-,19-17-,23-22-,29-27-,35-33-. The van der Waals surface area contributed by atoms with E-state index in [0.717, 1.165) is 57.8 Å². The van der Waals surface area contributed by atoms with Crippen molar-refractivity contribution < 1.29 is 24.2 Å². The normalized spacial score (nSPS) is 13.0. The van der Waals surface area contributed by atoms with Crippen LogP contribution in [0, 0.1) is 0 Å². The lowest BCUT2D eigenvalue weighted by molar-refractivity contribution is -0.161. The fraction of sp³-hybridized carbons (Fsp3) is 0.682. The fourth-order valence-electron chi connectivity index (χ4n) is 5.29. The molecule has 5 nitrogen and oxygen atoms in total. The van der Waals surface area contributed by atoms with Gasteiger partial charge in [-0.15, -0.1) is 0 Å². The largest absolute Gasteiger partial charge is 0.462 e. The molecule has 0 aromatic rings. The molecule has 0 fully saturated rings. The number of ether oxygens (including phenoxy) is 2. The first-order chi connectivity index (χ1) is 24.1. The van der Waals surface area contributed by atoms with Gasteiger partial charge in [0.15, 0.2) is 6.10 Å². The van der Waals surface area contributed by atoms with Crippen molar-refractivity contribution in [2.24, 2.45) is 0 Å². The first kappa shape index (κ1) is 46.3. The molecule has 0 aliphatic carbocycles. The van der Waals surface area contributed by atoms with Crippen LogP contribution < -0.4 is 0 Å². The minimum atomic E-state index is -0.812. The van der Waals surface area contributed by atoms with E-state index in [2.05, 4.69) is 74.6 Å². The van der Waals surface area contributed by atoms with Crippen LogP contribution in [-0.2, 0) is 19.1 Å². The highest BCUT2D eigenvalue weighted by Gasteiger charge is 2.15. The number of hydrogen-bond acceptors (Lipinski definition) is 5. The van der Waals surface area contributed by atoms with Crippen LogP contribution in [0.4, 0.5) is 0 Å². The Bertz CT molecular complexity index is 910. The Morgan fingerprint density at radius 2 is 0.878 bits per heavy atom. The lowest BCUT2D eigenvalue weighted by Crippen LogP contribution is -2.28. The van der Waals surface area contributed by atoms with Gasteiger partial charge in [-0.3, -0.25) is 9.59 Å². The third kappa shape index (κ3) is 38.0. The molecule has 0 saturated heterocycles. The molecule has 280 valence electrons. The second-order valence-electron chi connectivity index (χ2n) is 13.0. The maximum absolute atomic E-state index is 12.1. The van der Waals surface area contributed by atoms with E-state index in [1.807, 2.05) is 12.2 Å². The summed E-state index contributed by atoms with van der Waals surface area (Å²) < 4.78 is 10.5. The highest BCUT2D eigenvalue weighted by molar-refractivity contribution is 5.70. The first-order valence-corrected chi connectivity index (χ1v) is 20.0. The fourth-order valence-corrected chi connectivity index (χ4v) is 5.29. The molecule has 0 spiro atoms. The Balaban J connectivity index is 3.69. The maximum atomic E-state index is 12.1. The monoisotopic (exact) mass is 683 g/mol. The number of esters is 2. The number of unbranched alkanes of at least 4 members (excludes halogenated alkanes) is 15. The molecule has 0 aliphatic heterocycles. The van der Waals surface area contributed by atoms with Crippen molar-refractivity contribution in [1.82, 2.24) is 0 Å². The maximum Gasteiger partial charge on any atom is 0.306 e. The molecule has 0 aromatic heterocycles. The SMILES string of the molecule is CC/C=C\C/C=C\C/C=C\C/C=C\C/C=C\C/C=C\CCC(=O)OC(CO)COC(=O)CCCCCCCCCCCCCCCCCC. The van der Waals surface area contributed by atoms with E-state index in [1.165, 1.54) is 83.5 Å². The Kier molecular flexibility index (Phi) is 37.6. The molecule has 1 atom stereocenters. The van der Waals surface area contributed by atoms with Gasteiger partial charge in [0.2, 0.25) is 0 Å². The average Bonchev–Trinajstić information content (AvgIpc) is 3.10. The summed E-state index contributed by atoms with van der Waals surface area (Å²) in [6.07, 6.45) is 52.6. The molecule has 1 unspecified atom stereocenters. The van der Waals surface area contributed by atoms with Crippen LogP contribution in [0.25, 0.3) is 0 Å². The molecule has 0 aromatic carbocycles. The Hall–Kier alpha value is -2.66. The highest BCUT2D eigenvalue weighted by Crippen LogP contribution is 2.14. The van der Waals surface area contributed by atoms with Crippen LogP contribution in [-0.4, -0.2) is 36.4 Å². The van der Waals surface area contributed by atoms with Gasteiger partial charge in [0.25, 0.3) is 0 Å². The van der Waals surface area contributed by atoms with Crippen molar-refractivity contribution in [1.29, 1.82) is 0 Å². The predicted molar refractivity (Wildman–Crippen MR) is 210 cm³/mol. The number of carbonyl (C=O) groups excluding carboxylic acids is 2.